The van der Waals surface area contributed by atoms with E-state index in [9.17, 15) is 9.59 Å². The Morgan fingerprint density at radius 2 is 1.70 bits per heavy atom. The fourth-order valence-electron chi connectivity index (χ4n) is 3.80. The number of hydrogen-bond acceptors (Lipinski definition) is 3. The van der Waals surface area contributed by atoms with Crippen molar-refractivity contribution >= 4 is 40.0 Å². The maximum atomic E-state index is 13.4. The van der Waals surface area contributed by atoms with Crippen molar-refractivity contribution in [1.29, 1.82) is 0 Å². The average molecular weight is 458 g/mol. The lowest BCUT2D eigenvalue weighted by Gasteiger charge is -2.14. The molecule has 33 heavy (non-hydrogen) atoms. The van der Waals surface area contributed by atoms with E-state index in [1.807, 2.05) is 50.2 Å². The highest BCUT2D eigenvalue weighted by molar-refractivity contribution is 6.34. The molecule has 6 heteroatoms. The number of halogens is 1. The third-order valence-corrected chi connectivity index (χ3v) is 5.82. The highest BCUT2D eigenvalue weighted by Gasteiger charge is 2.17. The molecule has 0 aliphatic heterocycles. The number of nitrogens with zero attached hydrogens (tertiary/aromatic N) is 2. The van der Waals surface area contributed by atoms with Crippen molar-refractivity contribution in [3.05, 3.63) is 94.0 Å². The van der Waals surface area contributed by atoms with Crippen LogP contribution in [0.5, 0.6) is 0 Å². The maximum absolute atomic E-state index is 13.4. The number of aromatic nitrogens is 1. The Bertz CT molecular complexity index is 1400. The number of benzene rings is 3. The van der Waals surface area contributed by atoms with E-state index in [0.717, 1.165) is 33.3 Å². The van der Waals surface area contributed by atoms with Crippen LogP contribution in [0.15, 0.2) is 66.7 Å². The molecule has 1 N–H and O–H groups in total. The first-order chi connectivity index (χ1) is 15.7. The van der Waals surface area contributed by atoms with E-state index in [1.165, 1.54) is 4.90 Å². The summed E-state index contributed by atoms with van der Waals surface area (Å²) in [5, 5.41) is 3.98. The monoisotopic (exact) mass is 457 g/mol. The SMILES string of the molecule is Cc1ccc(-c2cc(C(=O)Nc3cc(C(=O)N(C)C)ccc3Cl)c3ccccc3n2)c(C)c1. The molecule has 166 valence electrons. The highest BCUT2D eigenvalue weighted by atomic mass is 35.5. The topological polar surface area (TPSA) is 62.3 Å². The molecule has 3 aromatic carbocycles. The van der Waals surface area contributed by atoms with Crippen molar-refractivity contribution in [1.82, 2.24) is 9.88 Å². The van der Waals surface area contributed by atoms with Gasteiger partial charge in [0.05, 0.1) is 27.5 Å². The second-order valence-electron chi connectivity index (χ2n) is 8.24. The first-order valence-corrected chi connectivity index (χ1v) is 10.9. The molecular formula is C27H24ClN3O2. The van der Waals surface area contributed by atoms with Gasteiger partial charge in [0.15, 0.2) is 0 Å². The number of nitrogens with one attached hydrogen (secondary N) is 1. The van der Waals surface area contributed by atoms with Gasteiger partial charge in [-0.1, -0.05) is 53.6 Å². The van der Waals surface area contributed by atoms with Crippen LogP contribution in [0.2, 0.25) is 5.02 Å². The molecule has 0 saturated heterocycles. The fraction of sp³-hybridized carbons (Fsp3) is 0.148. The van der Waals surface area contributed by atoms with Crippen LogP contribution in [-0.2, 0) is 0 Å². The van der Waals surface area contributed by atoms with Gasteiger partial charge in [-0.25, -0.2) is 4.98 Å². The Kier molecular flexibility index (Phi) is 6.16. The van der Waals surface area contributed by atoms with Crippen LogP contribution in [0.3, 0.4) is 0 Å². The summed E-state index contributed by atoms with van der Waals surface area (Å²) in [5.41, 5.74) is 5.97. The molecule has 1 aromatic heterocycles. The molecule has 0 saturated carbocycles. The first-order valence-electron chi connectivity index (χ1n) is 10.5. The molecule has 0 atom stereocenters. The van der Waals surface area contributed by atoms with Crippen LogP contribution in [0.25, 0.3) is 22.2 Å². The van der Waals surface area contributed by atoms with Gasteiger partial charge in [0, 0.05) is 30.6 Å². The smallest absolute Gasteiger partial charge is 0.256 e. The van der Waals surface area contributed by atoms with Gasteiger partial charge in [0.25, 0.3) is 11.8 Å². The minimum atomic E-state index is -0.323. The molecule has 0 unspecified atom stereocenters. The van der Waals surface area contributed by atoms with E-state index in [2.05, 4.69) is 11.4 Å². The normalized spacial score (nSPS) is 10.8. The molecule has 0 aliphatic rings. The second-order valence-corrected chi connectivity index (χ2v) is 8.65. The van der Waals surface area contributed by atoms with Crippen LogP contribution in [-0.4, -0.2) is 35.8 Å². The summed E-state index contributed by atoms with van der Waals surface area (Å²) < 4.78 is 0. The predicted octanol–water partition coefficient (Wildman–Crippen LogP) is 6.13. The van der Waals surface area contributed by atoms with E-state index in [-0.39, 0.29) is 11.8 Å². The van der Waals surface area contributed by atoms with Crippen LogP contribution < -0.4 is 5.32 Å². The van der Waals surface area contributed by atoms with Crippen LogP contribution in [0, 0.1) is 13.8 Å². The van der Waals surface area contributed by atoms with E-state index < -0.39 is 0 Å². The molecule has 1 heterocycles. The van der Waals surface area contributed by atoms with Gasteiger partial charge in [-0.15, -0.1) is 0 Å². The van der Waals surface area contributed by atoms with Crippen LogP contribution in [0.1, 0.15) is 31.8 Å². The van der Waals surface area contributed by atoms with Gasteiger partial charge in [0.2, 0.25) is 0 Å². The van der Waals surface area contributed by atoms with E-state index in [0.29, 0.717) is 21.8 Å². The largest absolute Gasteiger partial charge is 0.345 e. The molecule has 0 spiro atoms. The van der Waals surface area contributed by atoms with Gasteiger partial charge < -0.3 is 10.2 Å². The molecule has 0 radical (unpaired) electrons. The van der Waals surface area contributed by atoms with Gasteiger partial charge in [-0.3, -0.25) is 9.59 Å². The number of aryl methyl sites for hydroxylation is 2. The maximum Gasteiger partial charge on any atom is 0.256 e. The summed E-state index contributed by atoms with van der Waals surface area (Å²) in [6.07, 6.45) is 0. The quantitative estimate of drug-likeness (QED) is 0.401. The van der Waals surface area contributed by atoms with E-state index in [1.54, 1.807) is 38.4 Å². The van der Waals surface area contributed by atoms with Gasteiger partial charge in [-0.05, 0) is 49.7 Å². The Morgan fingerprint density at radius 3 is 2.42 bits per heavy atom. The average Bonchev–Trinajstić information content (AvgIpc) is 2.79. The number of hydrogen-bond donors (Lipinski definition) is 1. The molecule has 0 bridgehead atoms. The minimum absolute atomic E-state index is 0.173. The number of amides is 2. The van der Waals surface area contributed by atoms with Crippen molar-refractivity contribution in [2.45, 2.75) is 13.8 Å². The number of carbonyl (C=O) groups is 2. The zero-order valence-electron chi connectivity index (χ0n) is 18.9. The van der Waals surface area contributed by atoms with Gasteiger partial charge in [0.1, 0.15) is 0 Å². The second kappa shape index (κ2) is 9.04. The Balaban J connectivity index is 1.79. The van der Waals surface area contributed by atoms with Crippen molar-refractivity contribution < 1.29 is 9.59 Å². The fourth-order valence-corrected chi connectivity index (χ4v) is 3.97. The number of rotatable bonds is 4. The lowest BCUT2D eigenvalue weighted by atomic mass is 9.99. The Labute approximate surface area is 198 Å². The standard InChI is InChI=1S/C27H24ClN3O2/c1-16-9-11-19(17(2)13-16)24-15-21(20-7-5-6-8-23(20)29-24)26(32)30-25-14-18(10-12-22(25)28)27(33)31(3)4/h5-15H,1-4H3,(H,30,32). The number of pyridine rings is 1. The third kappa shape index (κ3) is 4.59. The molecule has 0 aliphatic carbocycles. The summed E-state index contributed by atoms with van der Waals surface area (Å²) in [7, 11) is 3.35. The van der Waals surface area contributed by atoms with Crippen molar-refractivity contribution in [2.24, 2.45) is 0 Å². The van der Waals surface area contributed by atoms with E-state index >= 15 is 0 Å². The van der Waals surface area contributed by atoms with Crippen LogP contribution >= 0.6 is 11.6 Å². The lowest BCUT2D eigenvalue weighted by molar-refractivity contribution is 0.0827. The molecular weight excluding hydrogens is 434 g/mol. The summed E-state index contributed by atoms with van der Waals surface area (Å²) in [5.74, 6) is -0.496. The first kappa shape index (κ1) is 22.5. The molecule has 4 rings (SSSR count). The van der Waals surface area contributed by atoms with Crippen LogP contribution in [0.4, 0.5) is 5.69 Å². The lowest BCUT2D eigenvalue weighted by Crippen LogP contribution is -2.22. The van der Waals surface area contributed by atoms with Crippen molar-refractivity contribution in [3.63, 3.8) is 0 Å². The number of carbonyl (C=O) groups excluding carboxylic acids is 2. The number of anilines is 1. The number of fused-ring (bicyclic) bond motifs is 1. The van der Waals surface area contributed by atoms with Gasteiger partial charge in [-0.2, -0.15) is 0 Å². The molecule has 2 amide bonds. The molecule has 0 fully saturated rings. The highest BCUT2D eigenvalue weighted by Crippen LogP contribution is 2.29. The Hall–Kier alpha value is -3.70. The zero-order chi connectivity index (χ0) is 23.7. The summed E-state index contributed by atoms with van der Waals surface area (Å²) in [4.78, 5) is 32.1. The zero-order valence-corrected chi connectivity index (χ0v) is 19.7. The molecule has 4 aromatic rings. The minimum Gasteiger partial charge on any atom is -0.345 e. The van der Waals surface area contributed by atoms with E-state index in [4.69, 9.17) is 16.6 Å². The number of para-hydroxylation sites is 1. The predicted molar refractivity (Wildman–Crippen MR) is 134 cm³/mol. The summed E-state index contributed by atoms with van der Waals surface area (Å²) >= 11 is 6.34. The summed E-state index contributed by atoms with van der Waals surface area (Å²) in [6, 6.07) is 20.3. The third-order valence-electron chi connectivity index (χ3n) is 5.49. The van der Waals surface area contributed by atoms with Crippen molar-refractivity contribution in [2.75, 3.05) is 19.4 Å². The summed E-state index contributed by atoms with van der Waals surface area (Å²) in [6.45, 7) is 4.08. The molecule has 5 nitrogen and oxygen atoms in total. The Morgan fingerprint density at radius 1 is 0.939 bits per heavy atom. The van der Waals surface area contributed by atoms with Gasteiger partial charge >= 0.3 is 0 Å². The van der Waals surface area contributed by atoms with Crippen molar-refractivity contribution in [3.8, 4) is 11.3 Å².